The van der Waals surface area contributed by atoms with E-state index in [4.69, 9.17) is 0 Å². The van der Waals surface area contributed by atoms with Gasteiger partial charge in [-0.15, -0.1) is 0 Å². The minimum absolute atomic E-state index is 0.118. The zero-order valence-electron chi connectivity index (χ0n) is 14.8. The molecule has 0 fully saturated rings. The van der Waals surface area contributed by atoms with Crippen molar-refractivity contribution in [3.8, 4) is 11.1 Å². The van der Waals surface area contributed by atoms with Gasteiger partial charge in [-0.2, -0.15) is 0 Å². The van der Waals surface area contributed by atoms with Gasteiger partial charge in [0.15, 0.2) is 0 Å². The molecule has 0 unspecified atom stereocenters. The predicted octanol–water partition coefficient (Wildman–Crippen LogP) is 4.13. The largest absolute Gasteiger partial charge is 0.361 e. The van der Waals surface area contributed by atoms with Crippen LogP contribution in [0.1, 0.15) is 5.56 Å². The van der Waals surface area contributed by atoms with Gasteiger partial charge < -0.3 is 4.98 Å². The summed E-state index contributed by atoms with van der Waals surface area (Å²) < 4.78 is 16.3. The second-order valence-electron chi connectivity index (χ2n) is 6.63. The monoisotopic (exact) mass is 370 g/mol. The van der Waals surface area contributed by atoms with E-state index in [1.165, 1.54) is 16.8 Å². The first-order chi connectivity index (χ1) is 13.7. The molecule has 5 rings (SSSR count). The van der Waals surface area contributed by atoms with Crippen molar-refractivity contribution in [3.63, 3.8) is 0 Å². The summed E-state index contributed by atoms with van der Waals surface area (Å²) in [5.74, 6) is -0.354. The van der Waals surface area contributed by atoms with E-state index in [0.29, 0.717) is 16.6 Å². The van der Waals surface area contributed by atoms with E-state index in [9.17, 15) is 9.18 Å². The van der Waals surface area contributed by atoms with Crippen molar-refractivity contribution < 1.29 is 4.39 Å². The number of aromatic amines is 1. The van der Waals surface area contributed by atoms with Crippen molar-refractivity contribution >= 4 is 21.9 Å². The summed E-state index contributed by atoms with van der Waals surface area (Å²) >= 11 is 0. The molecule has 0 radical (unpaired) electrons. The molecule has 0 aliphatic rings. The maximum atomic E-state index is 14.9. The fourth-order valence-electron chi connectivity index (χ4n) is 3.43. The van der Waals surface area contributed by atoms with Gasteiger partial charge in [-0.25, -0.2) is 9.37 Å². The first-order valence-electron chi connectivity index (χ1n) is 8.84. The summed E-state index contributed by atoms with van der Waals surface area (Å²) in [6.07, 6.45) is 6.31. The summed E-state index contributed by atoms with van der Waals surface area (Å²) in [5, 5.41) is 1.07. The van der Waals surface area contributed by atoms with Gasteiger partial charge in [0.25, 0.3) is 5.56 Å². The summed E-state index contributed by atoms with van der Waals surface area (Å²) in [4.78, 5) is 23.6. The van der Waals surface area contributed by atoms with E-state index in [1.54, 1.807) is 24.5 Å². The fraction of sp³-hybridized carbons (Fsp3) is 0.0455. The van der Waals surface area contributed by atoms with Crippen molar-refractivity contribution in [2.24, 2.45) is 0 Å². The predicted molar refractivity (Wildman–Crippen MR) is 107 cm³/mol. The molecule has 0 aliphatic carbocycles. The summed E-state index contributed by atoms with van der Waals surface area (Å²) in [7, 11) is 0. The Morgan fingerprint density at radius 2 is 1.86 bits per heavy atom. The number of nitrogens with zero attached hydrogens (tertiary/aromatic N) is 3. The molecule has 3 heterocycles. The lowest BCUT2D eigenvalue weighted by Crippen LogP contribution is -2.21. The minimum atomic E-state index is -0.354. The molecule has 0 saturated carbocycles. The highest BCUT2D eigenvalue weighted by atomic mass is 19.1. The van der Waals surface area contributed by atoms with Crippen LogP contribution in [-0.4, -0.2) is 19.5 Å². The third-order valence-corrected chi connectivity index (χ3v) is 4.92. The highest BCUT2D eigenvalue weighted by Crippen LogP contribution is 2.26. The normalized spacial score (nSPS) is 11.3. The van der Waals surface area contributed by atoms with Crippen molar-refractivity contribution in [2.75, 3.05) is 0 Å². The summed E-state index contributed by atoms with van der Waals surface area (Å²) in [6, 6.07) is 14.8. The zero-order valence-corrected chi connectivity index (χ0v) is 14.8. The maximum absolute atomic E-state index is 14.9. The van der Waals surface area contributed by atoms with Crippen LogP contribution < -0.4 is 5.56 Å². The molecule has 3 aromatic heterocycles. The molecule has 0 atom stereocenters. The average Bonchev–Trinajstić information content (AvgIpc) is 3.19. The lowest BCUT2D eigenvalue weighted by molar-refractivity contribution is 0.599. The van der Waals surface area contributed by atoms with Gasteiger partial charge in [-0.05, 0) is 46.8 Å². The SMILES string of the molecule is O=c1cnc2ccncc2n1Cc1ccc(-c2ccc3[nH]ccc3c2)cc1F. The minimum Gasteiger partial charge on any atom is -0.361 e. The molecule has 0 spiro atoms. The van der Waals surface area contributed by atoms with Crippen LogP contribution in [0.3, 0.4) is 0 Å². The molecule has 0 bridgehead atoms. The van der Waals surface area contributed by atoms with Crippen LogP contribution in [0, 0.1) is 5.82 Å². The van der Waals surface area contributed by atoms with Crippen LogP contribution in [-0.2, 0) is 6.54 Å². The van der Waals surface area contributed by atoms with E-state index in [0.717, 1.165) is 22.0 Å². The molecule has 0 saturated heterocycles. The third kappa shape index (κ3) is 2.75. The first-order valence-corrected chi connectivity index (χ1v) is 8.84. The van der Waals surface area contributed by atoms with Gasteiger partial charge in [0.05, 0.1) is 30.0 Å². The molecule has 5 aromatic rings. The number of hydrogen-bond donors (Lipinski definition) is 1. The second kappa shape index (κ2) is 6.42. The third-order valence-electron chi connectivity index (χ3n) is 4.92. The molecular weight excluding hydrogens is 355 g/mol. The Morgan fingerprint density at radius 3 is 2.75 bits per heavy atom. The number of aromatic nitrogens is 4. The highest BCUT2D eigenvalue weighted by Gasteiger charge is 2.10. The Labute approximate surface area is 159 Å². The topological polar surface area (TPSA) is 63.6 Å². The Morgan fingerprint density at radius 1 is 1.00 bits per heavy atom. The van der Waals surface area contributed by atoms with E-state index >= 15 is 0 Å². The molecule has 5 nitrogen and oxygen atoms in total. The number of fused-ring (bicyclic) bond motifs is 2. The van der Waals surface area contributed by atoms with E-state index < -0.39 is 0 Å². The lowest BCUT2D eigenvalue weighted by atomic mass is 10.0. The molecule has 28 heavy (non-hydrogen) atoms. The number of hydrogen-bond acceptors (Lipinski definition) is 3. The van der Waals surface area contributed by atoms with Crippen LogP contribution in [0.15, 0.2) is 78.1 Å². The smallest absolute Gasteiger partial charge is 0.269 e. The van der Waals surface area contributed by atoms with E-state index in [-0.39, 0.29) is 17.9 Å². The lowest BCUT2D eigenvalue weighted by Gasteiger charge is -2.11. The first kappa shape index (κ1) is 16.4. The number of pyridine rings is 1. The van der Waals surface area contributed by atoms with Gasteiger partial charge in [-0.3, -0.25) is 14.3 Å². The van der Waals surface area contributed by atoms with Crippen LogP contribution in [0.2, 0.25) is 0 Å². The number of H-pyrrole nitrogens is 1. The van der Waals surface area contributed by atoms with Gasteiger partial charge in [0.2, 0.25) is 0 Å². The number of nitrogens with one attached hydrogen (secondary N) is 1. The van der Waals surface area contributed by atoms with Gasteiger partial charge in [-0.1, -0.05) is 18.2 Å². The van der Waals surface area contributed by atoms with Gasteiger partial charge in [0.1, 0.15) is 5.82 Å². The number of benzene rings is 2. The molecule has 0 aliphatic heterocycles. The maximum Gasteiger partial charge on any atom is 0.269 e. The fourth-order valence-corrected chi connectivity index (χ4v) is 3.43. The summed E-state index contributed by atoms with van der Waals surface area (Å²) in [5.41, 5.74) is 4.14. The molecule has 1 N–H and O–H groups in total. The van der Waals surface area contributed by atoms with Crippen molar-refractivity contribution in [1.29, 1.82) is 0 Å². The van der Waals surface area contributed by atoms with Crippen LogP contribution >= 0.6 is 0 Å². The average molecular weight is 370 g/mol. The zero-order chi connectivity index (χ0) is 19.1. The molecule has 2 aromatic carbocycles. The Balaban J connectivity index is 1.54. The molecular formula is C22H15FN4O. The molecule has 6 heteroatoms. The van der Waals surface area contributed by atoms with Gasteiger partial charge >= 0.3 is 0 Å². The molecule has 136 valence electrons. The van der Waals surface area contributed by atoms with Crippen molar-refractivity contribution in [2.45, 2.75) is 6.54 Å². The van der Waals surface area contributed by atoms with Crippen LogP contribution in [0.5, 0.6) is 0 Å². The van der Waals surface area contributed by atoms with Crippen molar-refractivity contribution in [3.05, 3.63) is 95.1 Å². The highest BCUT2D eigenvalue weighted by molar-refractivity contribution is 5.85. The summed E-state index contributed by atoms with van der Waals surface area (Å²) in [6.45, 7) is 0.118. The quantitative estimate of drug-likeness (QED) is 0.519. The Kier molecular flexibility index (Phi) is 3.76. The van der Waals surface area contributed by atoms with Gasteiger partial charge in [0, 0.05) is 23.5 Å². The standard InChI is InChI=1S/C22H15FN4O/c23-18-10-15(14-3-4-19-16(9-14)5-8-25-19)1-2-17(18)13-27-21-11-24-7-6-20(21)26-12-22(27)28/h1-12,25H,13H2. The van der Waals surface area contributed by atoms with Crippen molar-refractivity contribution in [1.82, 2.24) is 19.5 Å². The van der Waals surface area contributed by atoms with Crippen LogP contribution in [0.25, 0.3) is 33.1 Å². The Bertz CT molecular complexity index is 1390. The number of rotatable bonds is 3. The van der Waals surface area contributed by atoms with E-state index in [1.807, 2.05) is 36.5 Å². The molecule has 0 amide bonds. The number of halogens is 1. The van der Waals surface area contributed by atoms with Crippen LogP contribution in [0.4, 0.5) is 4.39 Å². The Hall–Kier alpha value is -3.80. The van der Waals surface area contributed by atoms with E-state index in [2.05, 4.69) is 15.0 Å². The second-order valence-corrected chi connectivity index (χ2v) is 6.63.